The number of pyridine rings is 1. The minimum absolute atomic E-state index is 0.103. The fourth-order valence-electron chi connectivity index (χ4n) is 3.14. The molecule has 1 aromatic carbocycles. The number of aromatic nitrogens is 3. The van der Waals surface area contributed by atoms with Gasteiger partial charge in [-0.1, -0.05) is 38.1 Å². The van der Waals surface area contributed by atoms with Crippen LogP contribution in [0.4, 0.5) is 5.69 Å². The van der Waals surface area contributed by atoms with E-state index in [1.54, 1.807) is 19.4 Å². The largest absolute Gasteiger partial charge is 0.340 e. The van der Waals surface area contributed by atoms with Crippen LogP contribution >= 0.6 is 0 Å². The highest BCUT2D eigenvalue weighted by Crippen LogP contribution is 2.26. The number of hydrogen-bond donors (Lipinski definition) is 2. The Balaban J connectivity index is 1.76. The lowest BCUT2D eigenvalue weighted by Crippen LogP contribution is -2.28. The smallest absolute Gasteiger partial charge is 0.238 e. The Morgan fingerprint density at radius 1 is 1.10 bits per heavy atom. The van der Waals surface area contributed by atoms with E-state index in [-0.39, 0.29) is 23.9 Å². The summed E-state index contributed by atoms with van der Waals surface area (Å²) in [6, 6.07) is 9.98. The molecule has 3 rings (SSSR count). The lowest BCUT2D eigenvalue weighted by molar-refractivity contribution is -0.115. The summed E-state index contributed by atoms with van der Waals surface area (Å²) in [4.78, 5) is 33.4. The number of rotatable bonds is 9. The molecule has 0 saturated heterocycles. The minimum atomic E-state index is -0.239. The first kappa shape index (κ1) is 21.4. The second kappa shape index (κ2) is 9.93. The third-order valence-electron chi connectivity index (χ3n) is 4.77. The molecule has 0 radical (unpaired) electrons. The molecule has 1 amide bonds. The number of nitrogens with zero attached hydrogens (tertiary/aromatic N) is 3. The van der Waals surface area contributed by atoms with Crippen LogP contribution in [-0.2, 0) is 24.8 Å². The van der Waals surface area contributed by atoms with Gasteiger partial charge in [0.25, 0.3) is 0 Å². The number of carbonyl (C=O) groups excluding carboxylic acids is 2. The summed E-state index contributed by atoms with van der Waals surface area (Å²) in [6.45, 7) is 4.47. The predicted molar refractivity (Wildman–Crippen MR) is 117 cm³/mol. The first-order chi connectivity index (χ1) is 14.5. The Kier molecular flexibility index (Phi) is 7.08. The third-order valence-corrected chi connectivity index (χ3v) is 4.77. The number of amides is 1. The molecule has 156 valence electrons. The van der Waals surface area contributed by atoms with Crippen molar-refractivity contribution in [3.63, 3.8) is 0 Å². The van der Waals surface area contributed by atoms with E-state index in [4.69, 9.17) is 0 Å². The average molecular weight is 406 g/mol. The van der Waals surface area contributed by atoms with Gasteiger partial charge in [0.1, 0.15) is 5.69 Å². The molecule has 0 fully saturated rings. The molecule has 0 aliphatic rings. The second-order valence-corrected chi connectivity index (χ2v) is 7.13. The minimum Gasteiger partial charge on any atom is -0.340 e. The van der Waals surface area contributed by atoms with Crippen LogP contribution < -0.4 is 10.6 Å². The second-order valence-electron chi connectivity index (χ2n) is 7.13. The maximum atomic E-state index is 12.5. The molecule has 3 aromatic rings. The number of anilines is 1. The molecule has 0 atom stereocenters. The van der Waals surface area contributed by atoms with E-state index in [9.17, 15) is 9.59 Å². The highest BCUT2D eigenvalue weighted by atomic mass is 16.2. The number of hydrogen-bond acceptors (Lipinski definition) is 5. The van der Waals surface area contributed by atoms with Crippen molar-refractivity contribution in [3.8, 4) is 11.1 Å². The molecule has 2 heterocycles. The van der Waals surface area contributed by atoms with Gasteiger partial charge in [0.05, 0.1) is 24.3 Å². The van der Waals surface area contributed by atoms with Crippen molar-refractivity contribution in [2.24, 2.45) is 7.05 Å². The molecule has 0 aliphatic heterocycles. The summed E-state index contributed by atoms with van der Waals surface area (Å²) in [5, 5.41) is 5.91. The van der Waals surface area contributed by atoms with E-state index in [2.05, 4.69) is 39.7 Å². The quantitative estimate of drug-likeness (QED) is 0.533. The first-order valence-corrected chi connectivity index (χ1v) is 10.1. The van der Waals surface area contributed by atoms with Gasteiger partial charge in [0, 0.05) is 38.0 Å². The molecule has 0 unspecified atom stereocenters. The molecular formula is C23H27N5O2. The molecule has 30 heavy (non-hydrogen) atoms. The van der Waals surface area contributed by atoms with Crippen LogP contribution in [0, 0.1) is 0 Å². The number of carbonyl (C=O) groups is 2. The maximum absolute atomic E-state index is 12.5. The fraction of sp³-hybridized carbons (Fsp3) is 0.304. The van der Waals surface area contributed by atoms with E-state index in [1.807, 2.05) is 36.0 Å². The van der Waals surface area contributed by atoms with E-state index in [0.29, 0.717) is 18.7 Å². The SMILES string of the molecule is CCC(=O)c1ncc(-c2cccc(CC)c2)cc1NC(=O)CNCc1cn(C)cn1. The van der Waals surface area contributed by atoms with Crippen molar-refractivity contribution in [2.75, 3.05) is 11.9 Å². The zero-order valence-electron chi connectivity index (χ0n) is 17.6. The van der Waals surface area contributed by atoms with Crippen LogP contribution in [-0.4, -0.2) is 32.8 Å². The Labute approximate surface area is 176 Å². The zero-order valence-corrected chi connectivity index (χ0v) is 17.6. The summed E-state index contributed by atoms with van der Waals surface area (Å²) in [6.07, 6.45) is 6.54. The van der Waals surface area contributed by atoms with Crippen molar-refractivity contribution in [3.05, 3.63) is 66.0 Å². The average Bonchev–Trinajstić information content (AvgIpc) is 3.18. The Hall–Kier alpha value is -3.32. The summed E-state index contributed by atoms with van der Waals surface area (Å²) >= 11 is 0. The van der Waals surface area contributed by atoms with Crippen LogP contribution in [0.25, 0.3) is 11.1 Å². The van der Waals surface area contributed by atoms with Crippen molar-refractivity contribution in [1.29, 1.82) is 0 Å². The van der Waals surface area contributed by atoms with E-state index >= 15 is 0 Å². The van der Waals surface area contributed by atoms with Gasteiger partial charge in [-0.25, -0.2) is 4.98 Å². The molecule has 7 heteroatoms. The van der Waals surface area contributed by atoms with Crippen LogP contribution in [0.15, 0.2) is 49.1 Å². The van der Waals surface area contributed by atoms with Crippen molar-refractivity contribution < 1.29 is 9.59 Å². The molecule has 0 aliphatic carbocycles. The molecule has 7 nitrogen and oxygen atoms in total. The molecule has 0 saturated carbocycles. The van der Waals surface area contributed by atoms with Crippen LogP contribution in [0.1, 0.15) is 42.0 Å². The Morgan fingerprint density at radius 2 is 1.93 bits per heavy atom. The molecule has 0 bridgehead atoms. The van der Waals surface area contributed by atoms with Gasteiger partial charge in [0.15, 0.2) is 5.78 Å². The summed E-state index contributed by atoms with van der Waals surface area (Å²) in [7, 11) is 1.89. The predicted octanol–water partition coefficient (Wildman–Crippen LogP) is 3.37. The van der Waals surface area contributed by atoms with Crippen molar-refractivity contribution >= 4 is 17.4 Å². The zero-order chi connectivity index (χ0) is 21.5. The van der Waals surface area contributed by atoms with Crippen molar-refractivity contribution in [2.45, 2.75) is 33.2 Å². The lowest BCUT2D eigenvalue weighted by Gasteiger charge is -2.12. The third kappa shape index (κ3) is 5.39. The number of benzene rings is 1. The standard InChI is InChI=1S/C23H27N5O2/c1-4-16-7-6-8-17(9-16)18-10-20(23(25-11-18)21(29)5-2)27-22(30)13-24-12-19-14-28(3)15-26-19/h6-11,14-15,24H,4-5,12-13H2,1-3H3,(H,27,30). The molecule has 2 aromatic heterocycles. The Bertz CT molecular complexity index is 1040. The van der Waals surface area contributed by atoms with Crippen molar-refractivity contribution in [1.82, 2.24) is 19.9 Å². The normalized spacial score (nSPS) is 10.8. The fourth-order valence-corrected chi connectivity index (χ4v) is 3.14. The summed E-state index contributed by atoms with van der Waals surface area (Å²) in [5.41, 5.74) is 4.64. The topological polar surface area (TPSA) is 88.9 Å². The van der Waals surface area contributed by atoms with E-state index in [1.165, 1.54) is 5.56 Å². The van der Waals surface area contributed by atoms with Gasteiger partial charge >= 0.3 is 0 Å². The highest BCUT2D eigenvalue weighted by molar-refractivity contribution is 6.04. The number of aryl methyl sites for hydroxylation is 2. The van der Waals surface area contributed by atoms with Gasteiger partial charge < -0.3 is 15.2 Å². The first-order valence-electron chi connectivity index (χ1n) is 10.1. The van der Waals surface area contributed by atoms with Gasteiger partial charge in [-0.2, -0.15) is 0 Å². The lowest BCUT2D eigenvalue weighted by atomic mass is 10.0. The molecular weight excluding hydrogens is 378 g/mol. The number of nitrogens with one attached hydrogen (secondary N) is 2. The van der Waals surface area contributed by atoms with Gasteiger partial charge in [-0.15, -0.1) is 0 Å². The van der Waals surface area contributed by atoms with Gasteiger partial charge in [-0.3, -0.25) is 14.6 Å². The van der Waals surface area contributed by atoms with Gasteiger partial charge in [-0.05, 0) is 23.6 Å². The van der Waals surface area contributed by atoms with E-state index < -0.39 is 0 Å². The van der Waals surface area contributed by atoms with Crippen LogP contribution in [0.2, 0.25) is 0 Å². The number of Topliss-reactive ketones (excluding diaryl/α,β-unsaturated/α-hetero) is 1. The number of imidazole rings is 1. The van der Waals surface area contributed by atoms with Crippen LogP contribution in [0.3, 0.4) is 0 Å². The maximum Gasteiger partial charge on any atom is 0.238 e. The van der Waals surface area contributed by atoms with Gasteiger partial charge in [0.2, 0.25) is 5.91 Å². The number of ketones is 1. The highest BCUT2D eigenvalue weighted by Gasteiger charge is 2.15. The summed E-state index contributed by atoms with van der Waals surface area (Å²) < 4.78 is 1.85. The van der Waals surface area contributed by atoms with E-state index in [0.717, 1.165) is 23.2 Å². The molecule has 2 N–H and O–H groups in total. The summed E-state index contributed by atoms with van der Waals surface area (Å²) in [5.74, 6) is -0.349. The molecule has 0 spiro atoms. The van der Waals surface area contributed by atoms with Crippen LogP contribution in [0.5, 0.6) is 0 Å². The Morgan fingerprint density at radius 3 is 2.63 bits per heavy atom. The monoisotopic (exact) mass is 405 g/mol.